The zero-order valence-electron chi connectivity index (χ0n) is 18.0. The Morgan fingerprint density at radius 3 is 2.29 bits per heavy atom. The number of aliphatic carboxylic acids is 1. The van der Waals surface area contributed by atoms with E-state index in [-0.39, 0.29) is 5.43 Å². The van der Waals surface area contributed by atoms with E-state index in [1.165, 1.54) is 0 Å². The van der Waals surface area contributed by atoms with Crippen molar-refractivity contribution in [3.05, 3.63) is 119 Å². The lowest BCUT2D eigenvalue weighted by molar-refractivity contribution is -0.131. The smallest absolute Gasteiger partial charge is 0.328 e. The number of aromatic nitrogens is 1. The molecule has 0 bridgehead atoms. The first-order valence-electron chi connectivity index (χ1n) is 10.7. The second-order valence-electron chi connectivity index (χ2n) is 7.73. The van der Waals surface area contributed by atoms with Crippen molar-refractivity contribution < 1.29 is 14.3 Å². The molecule has 0 atom stereocenters. The van der Waals surface area contributed by atoms with Crippen LogP contribution in [0.25, 0.3) is 49.6 Å². The fourth-order valence-electron chi connectivity index (χ4n) is 3.90. The maximum atomic E-state index is 12.9. The lowest BCUT2D eigenvalue weighted by atomic mass is 10.0. The van der Waals surface area contributed by atoms with Gasteiger partial charge in [0.2, 0.25) is 0 Å². The van der Waals surface area contributed by atoms with Crippen molar-refractivity contribution in [3.8, 4) is 0 Å². The van der Waals surface area contributed by atoms with Gasteiger partial charge in [-0.05, 0) is 58.8 Å². The number of carboxylic acid groups (broad SMARTS) is 1. The van der Waals surface area contributed by atoms with Crippen LogP contribution in [0.3, 0.4) is 0 Å². The molecule has 0 radical (unpaired) electrons. The number of benzene rings is 4. The van der Waals surface area contributed by atoms with Gasteiger partial charge in [-0.3, -0.25) is 4.79 Å². The van der Waals surface area contributed by atoms with Crippen LogP contribution in [-0.2, 0) is 4.79 Å². The van der Waals surface area contributed by atoms with Gasteiger partial charge in [-0.15, -0.1) is 0 Å². The molecule has 6 aromatic rings. The molecule has 0 saturated heterocycles. The lowest BCUT2D eigenvalue weighted by Crippen LogP contribution is -2.04. The lowest BCUT2D eigenvalue weighted by Gasteiger charge is -2.05. The number of hydrogen-bond acceptors (Lipinski definition) is 4. The van der Waals surface area contributed by atoms with Crippen LogP contribution >= 0.6 is 0 Å². The summed E-state index contributed by atoms with van der Waals surface area (Å²) < 4.78 is 5.50. The van der Waals surface area contributed by atoms with Gasteiger partial charge in [0.05, 0.1) is 17.3 Å². The molecule has 2 aromatic heterocycles. The van der Waals surface area contributed by atoms with Gasteiger partial charge in [0.15, 0.2) is 5.43 Å². The fraction of sp³-hybridized carbons (Fsp3) is 0. The molecule has 0 aliphatic carbocycles. The minimum atomic E-state index is -0.922. The van der Waals surface area contributed by atoms with E-state index in [2.05, 4.69) is 0 Å². The third kappa shape index (κ3) is 4.14. The van der Waals surface area contributed by atoms with Gasteiger partial charge in [0.25, 0.3) is 0 Å². The first-order chi connectivity index (χ1) is 16.6. The Hall–Kier alpha value is -4.77. The van der Waals surface area contributed by atoms with Crippen LogP contribution in [-0.4, -0.2) is 16.1 Å². The first kappa shape index (κ1) is 21.1. The van der Waals surface area contributed by atoms with Crippen LogP contribution in [0.1, 0.15) is 5.56 Å². The highest BCUT2D eigenvalue weighted by Gasteiger charge is 2.11. The Bertz CT molecular complexity index is 1740. The molecule has 2 heterocycles. The average molecular weight is 445 g/mol. The number of rotatable bonds is 2. The van der Waals surface area contributed by atoms with Crippen molar-refractivity contribution in [3.63, 3.8) is 0 Å². The molecule has 1 N–H and O–H groups in total. The molecule has 164 valence electrons. The van der Waals surface area contributed by atoms with Crippen molar-refractivity contribution in [2.75, 3.05) is 0 Å². The van der Waals surface area contributed by atoms with Gasteiger partial charge in [-0.1, -0.05) is 54.6 Å². The molecule has 6 rings (SSSR count). The minimum Gasteiger partial charge on any atom is -0.478 e. The monoisotopic (exact) mass is 445 g/mol. The van der Waals surface area contributed by atoms with E-state index in [9.17, 15) is 9.59 Å². The van der Waals surface area contributed by atoms with Crippen LogP contribution < -0.4 is 5.43 Å². The summed E-state index contributed by atoms with van der Waals surface area (Å²) in [6.45, 7) is 0. The van der Waals surface area contributed by atoms with E-state index < -0.39 is 5.97 Å². The number of hydrogen-bond donors (Lipinski definition) is 1. The van der Waals surface area contributed by atoms with Gasteiger partial charge in [-0.2, -0.15) is 0 Å². The van der Waals surface area contributed by atoms with E-state index in [0.29, 0.717) is 16.3 Å². The summed E-state index contributed by atoms with van der Waals surface area (Å²) in [5.41, 5.74) is 3.06. The number of nitrogens with zero attached hydrogens (tertiary/aromatic N) is 1. The largest absolute Gasteiger partial charge is 0.478 e. The summed E-state index contributed by atoms with van der Waals surface area (Å²) >= 11 is 0. The minimum absolute atomic E-state index is 0.0153. The Kier molecular flexibility index (Phi) is 5.58. The summed E-state index contributed by atoms with van der Waals surface area (Å²) in [4.78, 5) is 27.7. The second-order valence-corrected chi connectivity index (χ2v) is 7.73. The van der Waals surface area contributed by atoms with Crippen molar-refractivity contribution in [1.29, 1.82) is 0 Å². The summed E-state index contributed by atoms with van der Waals surface area (Å²) in [6, 6.07) is 28.6. The van der Waals surface area contributed by atoms with E-state index in [1.54, 1.807) is 18.4 Å². The molecule has 0 unspecified atom stereocenters. The van der Waals surface area contributed by atoms with Crippen molar-refractivity contribution in [1.82, 2.24) is 4.98 Å². The van der Waals surface area contributed by atoms with E-state index in [1.807, 2.05) is 84.9 Å². The number of pyridine rings is 1. The Balaban J connectivity index is 0.000000186. The highest BCUT2D eigenvalue weighted by atomic mass is 16.4. The zero-order valence-corrected chi connectivity index (χ0v) is 18.0. The van der Waals surface area contributed by atoms with Crippen LogP contribution in [0.2, 0.25) is 0 Å². The molecule has 5 heteroatoms. The molecular formula is C29H19NO4. The molecule has 0 fully saturated rings. The highest BCUT2D eigenvalue weighted by Crippen LogP contribution is 2.26. The molecular weight excluding hydrogens is 426 g/mol. The molecule has 4 aromatic carbocycles. The molecule has 34 heavy (non-hydrogen) atoms. The predicted molar refractivity (Wildman–Crippen MR) is 136 cm³/mol. The van der Waals surface area contributed by atoms with E-state index in [4.69, 9.17) is 14.5 Å². The molecule has 0 aliphatic rings. The standard InChI is InChI=1S/C20H11NO2.C9H8O2/c22-20-15-7-8-18-14(6-3-9-23-18)19(15)21-17-11-13-5-2-1-4-12(13)10-16(17)20;10-9(11)7-6-8-4-2-1-3-5-8/h1-11H;1-7H,(H,10,11). The van der Waals surface area contributed by atoms with Gasteiger partial charge in [0.1, 0.15) is 5.58 Å². The summed E-state index contributed by atoms with van der Waals surface area (Å²) in [5.74, 6) is -0.922. The Morgan fingerprint density at radius 2 is 1.53 bits per heavy atom. The number of carbonyl (C=O) groups is 1. The highest BCUT2D eigenvalue weighted by molar-refractivity contribution is 6.08. The maximum absolute atomic E-state index is 12.9. The Labute approximate surface area is 194 Å². The normalized spacial score (nSPS) is 11.2. The van der Waals surface area contributed by atoms with E-state index in [0.717, 1.165) is 38.9 Å². The molecule has 0 aliphatic heterocycles. The van der Waals surface area contributed by atoms with Crippen LogP contribution in [0.15, 0.2) is 113 Å². The molecule has 0 saturated carbocycles. The molecule has 5 nitrogen and oxygen atoms in total. The Morgan fingerprint density at radius 1 is 0.794 bits per heavy atom. The summed E-state index contributed by atoms with van der Waals surface area (Å²) in [6.07, 6.45) is 4.30. The quantitative estimate of drug-likeness (QED) is 0.189. The maximum Gasteiger partial charge on any atom is 0.328 e. The van der Waals surface area contributed by atoms with E-state index >= 15 is 0 Å². The van der Waals surface area contributed by atoms with Crippen molar-refractivity contribution in [2.45, 2.75) is 0 Å². The SMILES string of the molecule is O=C(O)C=Cc1ccccc1.O=c1c2cc3ccccc3cc2nc2c1ccc1occcc12. The van der Waals surface area contributed by atoms with Crippen molar-refractivity contribution >= 4 is 55.6 Å². The second kappa shape index (κ2) is 9.00. The third-order valence-electron chi connectivity index (χ3n) is 5.52. The summed E-state index contributed by atoms with van der Waals surface area (Å²) in [7, 11) is 0. The molecule has 0 amide bonds. The van der Waals surface area contributed by atoms with Gasteiger partial charge < -0.3 is 9.52 Å². The predicted octanol–water partition coefficient (Wildman–Crippen LogP) is 6.43. The fourth-order valence-corrected chi connectivity index (χ4v) is 3.90. The number of carboxylic acids is 1. The van der Waals surface area contributed by atoms with Gasteiger partial charge >= 0.3 is 5.97 Å². The average Bonchev–Trinajstić information content (AvgIpc) is 2.87. The number of fused-ring (bicyclic) bond motifs is 5. The van der Waals surface area contributed by atoms with Gasteiger partial charge in [-0.25, -0.2) is 9.78 Å². The zero-order chi connectivity index (χ0) is 23.5. The topological polar surface area (TPSA) is 80.4 Å². The first-order valence-corrected chi connectivity index (χ1v) is 10.7. The van der Waals surface area contributed by atoms with Crippen LogP contribution in [0, 0.1) is 0 Å². The van der Waals surface area contributed by atoms with Gasteiger partial charge in [0, 0.05) is 22.2 Å². The van der Waals surface area contributed by atoms with Crippen molar-refractivity contribution in [2.24, 2.45) is 0 Å². The molecule has 0 spiro atoms. The summed E-state index contributed by atoms with van der Waals surface area (Å²) in [5, 5.41) is 12.6. The third-order valence-corrected chi connectivity index (χ3v) is 5.52. The van der Waals surface area contributed by atoms with Crippen LogP contribution in [0.4, 0.5) is 0 Å². The van der Waals surface area contributed by atoms with Crippen LogP contribution in [0.5, 0.6) is 0 Å².